The Balaban J connectivity index is 2.59. The number of hydrogen-bond donors (Lipinski definition) is 1. The van der Waals surface area contributed by atoms with Crippen LogP contribution in [0.25, 0.3) is 0 Å². The molecule has 1 rings (SSSR count). The van der Waals surface area contributed by atoms with Gasteiger partial charge in [-0.1, -0.05) is 12.8 Å². The number of carbonyl (C=O) groups excluding carboxylic acids is 1. The van der Waals surface area contributed by atoms with Crippen molar-refractivity contribution < 1.29 is 4.79 Å². The Morgan fingerprint density at radius 1 is 1.58 bits per heavy atom. The highest BCUT2D eigenvalue weighted by Gasteiger charge is 2.35. The van der Waals surface area contributed by atoms with Gasteiger partial charge in [-0.2, -0.15) is 0 Å². The van der Waals surface area contributed by atoms with E-state index in [0.717, 1.165) is 12.8 Å². The third kappa shape index (κ3) is 2.13. The first-order valence-electron chi connectivity index (χ1n) is 4.47. The van der Waals surface area contributed by atoms with Crippen LogP contribution in [-0.2, 0) is 4.79 Å². The van der Waals surface area contributed by atoms with Crippen molar-refractivity contribution >= 4 is 17.5 Å². The second kappa shape index (κ2) is 3.65. The summed E-state index contributed by atoms with van der Waals surface area (Å²) < 4.78 is 0. The molecule has 70 valence electrons. The molecule has 12 heavy (non-hydrogen) atoms. The van der Waals surface area contributed by atoms with E-state index in [1.54, 1.807) is 6.92 Å². The molecule has 0 aliphatic heterocycles. The number of halogens is 1. The maximum Gasteiger partial charge on any atom is 0.217 e. The zero-order valence-corrected chi connectivity index (χ0v) is 8.45. The molecular weight excluding hydrogens is 174 g/mol. The summed E-state index contributed by atoms with van der Waals surface area (Å²) in [6, 6.07) is 0. The van der Waals surface area contributed by atoms with E-state index in [0.29, 0.717) is 0 Å². The van der Waals surface area contributed by atoms with Crippen LogP contribution in [0.3, 0.4) is 0 Å². The minimum atomic E-state index is -0.175. The summed E-state index contributed by atoms with van der Waals surface area (Å²) in [6.07, 6.45) is 4.36. The van der Waals surface area contributed by atoms with Gasteiger partial charge in [0.2, 0.25) is 5.91 Å². The first-order chi connectivity index (χ1) is 5.54. The molecule has 1 aliphatic carbocycles. The first kappa shape index (κ1) is 9.85. The van der Waals surface area contributed by atoms with Gasteiger partial charge in [0.15, 0.2) is 0 Å². The van der Waals surface area contributed by atoms with Crippen molar-refractivity contribution in [3.8, 4) is 0 Å². The lowest BCUT2D eigenvalue weighted by Crippen LogP contribution is -2.53. The summed E-state index contributed by atoms with van der Waals surface area (Å²) in [5, 5.41) is 3.03. The lowest BCUT2D eigenvalue weighted by molar-refractivity contribution is -0.121. The zero-order valence-electron chi connectivity index (χ0n) is 7.69. The Kier molecular flexibility index (Phi) is 2.99. The van der Waals surface area contributed by atoms with Gasteiger partial charge in [-0.3, -0.25) is 4.79 Å². The standard InChI is InChI=1S/C9H16ClNO/c1-7(12)11-9(2)6-4-3-5-8(9)10/h8H,3-6H2,1-2H3,(H,11,12)/t8-,9-/m1/s1. The average molecular weight is 190 g/mol. The predicted octanol–water partition coefficient (Wildman–Crippen LogP) is 2.06. The van der Waals surface area contributed by atoms with Crippen LogP contribution < -0.4 is 5.32 Å². The first-order valence-corrected chi connectivity index (χ1v) is 4.91. The summed E-state index contributed by atoms with van der Waals surface area (Å²) in [6.45, 7) is 3.58. The van der Waals surface area contributed by atoms with Crippen LogP contribution in [0.15, 0.2) is 0 Å². The molecule has 1 aliphatic rings. The molecule has 0 spiro atoms. The molecule has 0 aromatic heterocycles. The molecule has 1 saturated carbocycles. The van der Waals surface area contributed by atoms with Crippen LogP contribution in [0, 0.1) is 0 Å². The van der Waals surface area contributed by atoms with Crippen molar-refractivity contribution in [3.05, 3.63) is 0 Å². The second-order valence-corrected chi connectivity index (χ2v) is 4.34. The lowest BCUT2D eigenvalue weighted by Gasteiger charge is -2.38. The number of alkyl halides is 1. The van der Waals surface area contributed by atoms with E-state index in [1.165, 1.54) is 12.8 Å². The molecule has 2 atom stereocenters. The fourth-order valence-electron chi connectivity index (χ4n) is 1.83. The lowest BCUT2D eigenvalue weighted by atomic mass is 9.83. The van der Waals surface area contributed by atoms with Gasteiger partial charge in [-0.15, -0.1) is 11.6 Å². The van der Waals surface area contributed by atoms with Gasteiger partial charge in [0, 0.05) is 6.92 Å². The number of rotatable bonds is 1. The van der Waals surface area contributed by atoms with Crippen molar-refractivity contribution in [2.75, 3.05) is 0 Å². The van der Waals surface area contributed by atoms with Crippen LogP contribution in [0.1, 0.15) is 39.5 Å². The normalized spacial score (nSPS) is 36.1. The van der Waals surface area contributed by atoms with E-state index in [1.807, 2.05) is 6.92 Å². The maximum absolute atomic E-state index is 10.9. The van der Waals surface area contributed by atoms with Crippen LogP contribution in [-0.4, -0.2) is 16.8 Å². The van der Waals surface area contributed by atoms with Gasteiger partial charge in [0.25, 0.3) is 0 Å². The van der Waals surface area contributed by atoms with Crippen molar-refractivity contribution in [1.29, 1.82) is 0 Å². The third-order valence-corrected chi connectivity index (χ3v) is 3.26. The topological polar surface area (TPSA) is 29.1 Å². The van der Waals surface area contributed by atoms with Gasteiger partial charge < -0.3 is 5.32 Å². The van der Waals surface area contributed by atoms with Crippen LogP contribution in [0.2, 0.25) is 0 Å². The minimum Gasteiger partial charge on any atom is -0.350 e. The summed E-state index contributed by atoms with van der Waals surface area (Å²) in [5.74, 6) is 0.0186. The van der Waals surface area contributed by atoms with E-state index in [9.17, 15) is 4.79 Å². The highest BCUT2D eigenvalue weighted by molar-refractivity contribution is 6.21. The van der Waals surface area contributed by atoms with Crippen LogP contribution in [0.4, 0.5) is 0 Å². The third-order valence-electron chi connectivity index (χ3n) is 2.56. The molecule has 0 saturated heterocycles. The fourth-order valence-corrected chi connectivity index (χ4v) is 2.15. The Morgan fingerprint density at radius 3 is 2.75 bits per heavy atom. The molecule has 2 nitrogen and oxygen atoms in total. The van der Waals surface area contributed by atoms with Crippen molar-refractivity contribution in [1.82, 2.24) is 5.32 Å². The van der Waals surface area contributed by atoms with Gasteiger partial charge in [-0.05, 0) is 19.8 Å². The maximum atomic E-state index is 10.9. The monoisotopic (exact) mass is 189 g/mol. The molecule has 0 bridgehead atoms. The molecule has 0 heterocycles. The fraction of sp³-hybridized carbons (Fsp3) is 0.889. The number of nitrogens with one attached hydrogen (secondary N) is 1. The van der Waals surface area contributed by atoms with Crippen molar-refractivity contribution in [2.24, 2.45) is 0 Å². The van der Waals surface area contributed by atoms with Crippen molar-refractivity contribution in [2.45, 2.75) is 50.4 Å². The summed E-state index contributed by atoms with van der Waals surface area (Å²) in [7, 11) is 0. The summed E-state index contributed by atoms with van der Waals surface area (Å²) in [4.78, 5) is 10.9. The number of amides is 1. The molecule has 0 unspecified atom stereocenters. The molecule has 1 amide bonds. The highest BCUT2D eigenvalue weighted by Crippen LogP contribution is 2.31. The molecule has 3 heteroatoms. The number of carbonyl (C=O) groups is 1. The molecule has 0 aromatic carbocycles. The van der Waals surface area contributed by atoms with E-state index >= 15 is 0 Å². The van der Waals surface area contributed by atoms with Gasteiger partial charge in [-0.25, -0.2) is 0 Å². The highest BCUT2D eigenvalue weighted by atomic mass is 35.5. The molecular formula is C9H16ClNO. The Hall–Kier alpha value is -0.240. The van der Waals surface area contributed by atoms with Crippen molar-refractivity contribution in [3.63, 3.8) is 0 Å². The van der Waals surface area contributed by atoms with E-state index in [2.05, 4.69) is 5.32 Å². The molecule has 1 fully saturated rings. The zero-order chi connectivity index (χ0) is 9.19. The Labute approximate surface area is 78.7 Å². The van der Waals surface area contributed by atoms with Gasteiger partial charge in [0.1, 0.15) is 0 Å². The smallest absolute Gasteiger partial charge is 0.217 e. The van der Waals surface area contributed by atoms with Gasteiger partial charge >= 0.3 is 0 Å². The number of hydrogen-bond acceptors (Lipinski definition) is 1. The average Bonchev–Trinajstić information content (AvgIpc) is 1.94. The van der Waals surface area contributed by atoms with Crippen LogP contribution >= 0.6 is 11.6 Å². The summed E-state index contributed by atoms with van der Waals surface area (Å²) in [5.41, 5.74) is -0.175. The van der Waals surface area contributed by atoms with E-state index in [4.69, 9.17) is 11.6 Å². The SMILES string of the molecule is CC(=O)N[C@]1(C)CCCC[C@H]1Cl. The van der Waals surface area contributed by atoms with Gasteiger partial charge in [0.05, 0.1) is 10.9 Å². The molecule has 0 aromatic rings. The Morgan fingerprint density at radius 2 is 2.25 bits per heavy atom. The van der Waals surface area contributed by atoms with E-state index < -0.39 is 0 Å². The van der Waals surface area contributed by atoms with Crippen LogP contribution in [0.5, 0.6) is 0 Å². The molecule has 0 radical (unpaired) electrons. The Bertz CT molecular complexity index is 183. The minimum absolute atomic E-state index is 0.0186. The quantitative estimate of drug-likeness (QED) is 0.629. The largest absolute Gasteiger partial charge is 0.350 e. The summed E-state index contributed by atoms with van der Waals surface area (Å²) >= 11 is 6.15. The predicted molar refractivity (Wildman–Crippen MR) is 50.3 cm³/mol. The van der Waals surface area contributed by atoms with E-state index in [-0.39, 0.29) is 16.8 Å². The second-order valence-electron chi connectivity index (χ2n) is 3.81. The molecule has 1 N–H and O–H groups in total.